The Bertz CT molecular complexity index is 1300. The first kappa shape index (κ1) is 30.2. The second-order valence-corrected chi connectivity index (χ2v) is 10.3. The summed E-state index contributed by atoms with van der Waals surface area (Å²) in [5.74, 6) is -0.892. The van der Waals surface area contributed by atoms with Gasteiger partial charge in [0.1, 0.15) is 58.9 Å². The van der Waals surface area contributed by atoms with Crippen LogP contribution in [0.3, 0.4) is 0 Å². The van der Waals surface area contributed by atoms with Crippen molar-refractivity contribution in [2.24, 2.45) is 0 Å². The number of aromatic hydroxyl groups is 2. The van der Waals surface area contributed by atoms with Crippen LogP contribution >= 0.6 is 0 Å². The summed E-state index contributed by atoms with van der Waals surface area (Å²) in [6.45, 7) is -1.99. The first-order valence-corrected chi connectivity index (χ1v) is 13.0. The zero-order chi connectivity index (χ0) is 30.3. The second-order valence-electron chi connectivity index (χ2n) is 10.3. The van der Waals surface area contributed by atoms with Gasteiger partial charge in [-0.05, 0) is 17.7 Å². The molecule has 5 rings (SSSR count). The molecule has 0 radical (unpaired) electrons. The van der Waals surface area contributed by atoms with E-state index < -0.39 is 86.2 Å². The van der Waals surface area contributed by atoms with Crippen molar-refractivity contribution in [3.05, 3.63) is 41.5 Å². The molecule has 0 spiro atoms. The van der Waals surface area contributed by atoms with Crippen molar-refractivity contribution in [2.45, 2.75) is 61.2 Å². The molecule has 3 aliphatic rings. The lowest BCUT2D eigenvalue weighted by atomic mass is 9.95. The van der Waals surface area contributed by atoms with Gasteiger partial charge in [-0.3, -0.25) is 4.79 Å². The van der Waals surface area contributed by atoms with Crippen LogP contribution in [0.2, 0.25) is 0 Å². The van der Waals surface area contributed by atoms with Gasteiger partial charge in [-0.2, -0.15) is 0 Å². The van der Waals surface area contributed by atoms with Crippen molar-refractivity contribution in [3.63, 3.8) is 0 Å². The number of aliphatic hydroxyl groups excluding tert-OH is 5. The number of Topliss-reactive ketones (excluding diaryl/α,β-unsaturated/α-hetero) is 1. The number of hydrogen-bond donors (Lipinski definition) is 8. The third-order valence-electron chi connectivity index (χ3n) is 7.48. The maximum atomic E-state index is 12.7. The van der Waals surface area contributed by atoms with Gasteiger partial charge in [0.25, 0.3) is 0 Å². The van der Waals surface area contributed by atoms with Crippen LogP contribution in [0.15, 0.2) is 30.3 Å². The molecule has 2 aromatic rings. The van der Waals surface area contributed by atoms with E-state index in [0.717, 1.165) is 6.07 Å². The molecule has 15 nitrogen and oxygen atoms in total. The first-order valence-electron chi connectivity index (χ1n) is 13.0. The van der Waals surface area contributed by atoms with E-state index >= 15 is 0 Å². The van der Waals surface area contributed by atoms with Gasteiger partial charge >= 0.3 is 0 Å². The average Bonchev–Trinajstić information content (AvgIpc) is 3.25. The Balaban J connectivity index is 1.38. The summed E-state index contributed by atoms with van der Waals surface area (Å²) in [5, 5.41) is 80.9. The molecule has 2 saturated heterocycles. The van der Waals surface area contributed by atoms with Gasteiger partial charge in [0, 0.05) is 12.1 Å². The molecule has 0 saturated carbocycles. The highest BCUT2D eigenvalue weighted by molar-refractivity contribution is 6.02. The smallest absolute Gasteiger partial charge is 0.229 e. The van der Waals surface area contributed by atoms with Gasteiger partial charge in [0.15, 0.2) is 29.7 Å². The summed E-state index contributed by atoms with van der Waals surface area (Å²) >= 11 is 0. The Morgan fingerprint density at radius 1 is 1.02 bits per heavy atom. The molecule has 230 valence electrons. The fraction of sp³-hybridized carbons (Fsp3) is 0.519. The van der Waals surface area contributed by atoms with Crippen LogP contribution < -0.4 is 14.2 Å². The van der Waals surface area contributed by atoms with Gasteiger partial charge in [-0.15, -0.1) is 0 Å². The maximum Gasteiger partial charge on any atom is 0.229 e. The summed E-state index contributed by atoms with van der Waals surface area (Å²) in [6.07, 6.45) is -11.8. The molecule has 2 aromatic carbocycles. The Hall–Kier alpha value is -3.25. The molecule has 3 heterocycles. The summed E-state index contributed by atoms with van der Waals surface area (Å²) in [6, 6.07) is 6.79. The minimum atomic E-state index is -2.02. The number of methoxy groups -OCH3 is 1. The largest absolute Gasteiger partial charge is 0.508 e. The third-order valence-corrected chi connectivity index (χ3v) is 7.48. The molecule has 9 unspecified atom stereocenters. The van der Waals surface area contributed by atoms with Crippen LogP contribution in [0.4, 0.5) is 0 Å². The van der Waals surface area contributed by atoms with Gasteiger partial charge in [-0.1, -0.05) is 6.07 Å². The summed E-state index contributed by atoms with van der Waals surface area (Å²) in [7, 11) is 1.34. The molecule has 0 bridgehead atoms. The van der Waals surface area contributed by atoms with E-state index in [9.17, 15) is 45.6 Å². The molecule has 0 aromatic heterocycles. The van der Waals surface area contributed by atoms with Crippen LogP contribution in [0.25, 0.3) is 0 Å². The van der Waals surface area contributed by atoms with E-state index in [1.165, 1.54) is 25.3 Å². The number of carbonyl (C=O) groups is 1. The van der Waals surface area contributed by atoms with Crippen LogP contribution in [-0.4, -0.2) is 122 Å². The monoisotopic (exact) mass is 596 g/mol. The SMILES string of the molecule is COc1cc(C2CC(=O)c3c(O)cc(O)cc3O2)ccc1OC1OC(CO)C(O)C(O)C1OC1OCC(O)(CO)C1O. The molecule has 15 heteroatoms. The van der Waals surface area contributed by atoms with Crippen molar-refractivity contribution >= 4 is 5.78 Å². The van der Waals surface area contributed by atoms with Crippen molar-refractivity contribution < 1.29 is 74.1 Å². The number of rotatable bonds is 8. The van der Waals surface area contributed by atoms with Crippen molar-refractivity contribution in [1.29, 1.82) is 0 Å². The minimum absolute atomic E-state index is 0.00986. The van der Waals surface area contributed by atoms with E-state index in [-0.39, 0.29) is 35.0 Å². The number of benzene rings is 2. The molecular formula is C27H32O15. The van der Waals surface area contributed by atoms with Crippen molar-refractivity contribution in [3.8, 4) is 28.7 Å². The number of hydrogen-bond acceptors (Lipinski definition) is 15. The first-order chi connectivity index (χ1) is 20.0. The Kier molecular flexibility index (Phi) is 8.48. The van der Waals surface area contributed by atoms with Crippen molar-refractivity contribution in [2.75, 3.05) is 26.9 Å². The number of phenolic OH excluding ortho intramolecular Hbond substituents is 2. The van der Waals surface area contributed by atoms with Gasteiger partial charge in [0.2, 0.25) is 6.29 Å². The molecule has 0 amide bonds. The number of phenols is 2. The zero-order valence-corrected chi connectivity index (χ0v) is 22.3. The second kappa shape index (κ2) is 11.8. The molecular weight excluding hydrogens is 564 g/mol. The topological polar surface area (TPSA) is 234 Å². The summed E-state index contributed by atoms with van der Waals surface area (Å²) in [4.78, 5) is 12.7. The zero-order valence-electron chi connectivity index (χ0n) is 22.3. The predicted octanol–water partition coefficient (Wildman–Crippen LogP) is -1.54. The van der Waals surface area contributed by atoms with E-state index in [1.54, 1.807) is 6.07 Å². The van der Waals surface area contributed by atoms with Gasteiger partial charge in [0.05, 0.1) is 33.4 Å². The van der Waals surface area contributed by atoms with E-state index in [2.05, 4.69) is 0 Å². The van der Waals surface area contributed by atoms with Crippen LogP contribution in [-0.2, 0) is 14.2 Å². The number of ketones is 1. The van der Waals surface area contributed by atoms with E-state index in [1.807, 2.05) is 0 Å². The predicted molar refractivity (Wildman–Crippen MR) is 136 cm³/mol. The fourth-order valence-corrected chi connectivity index (χ4v) is 5.08. The van der Waals surface area contributed by atoms with E-state index in [0.29, 0.717) is 5.56 Å². The molecule has 3 aliphatic heterocycles. The highest BCUT2D eigenvalue weighted by atomic mass is 16.8. The molecule has 42 heavy (non-hydrogen) atoms. The minimum Gasteiger partial charge on any atom is -0.508 e. The Labute approximate surface area is 238 Å². The van der Waals surface area contributed by atoms with Crippen LogP contribution in [0.5, 0.6) is 28.7 Å². The lowest BCUT2D eigenvalue weighted by Crippen LogP contribution is -2.62. The highest BCUT2D eigenvalue weighted by Crippen LogP contribution is 2.43. The van der Waals surface area contributed by atoms with E-state index in [4.69, 9.17) is 28.4 Å². The van der Waals surface area contributed by atoms with Crippen molar-refractivity contribution in [1.82, 2.24) is 0 Å². The maximum absolute atomic E-state index is 12.7. The quantitative estimate of drug-likeness (QED) is 0.172. The molecule has 9 atom stereocenters. The molecule has 0 aliphatic carbocycles. The number of aliphatic hydroxyl groups is 6. The highest BCUT2D eigenvalue weighted by Gasteiger charge is 2.53. The van der Waals surface area contributed by atoms with Crippen LogP contribution in [0, 0.1) is 0 Å². The fourth-order valence-electron chi connectivity index (χ4n) is 5.08. The molecule has 2 fully saturated rings. The Morgan fingerprint density at radius 3 is 2.45 bits per heavy atom. The third kappa shape index (κ3) is 5.46. The Morgan fingerprint density at radius 2 is 1.79 bits per heavy atom. The van der Waals surface area contributed by atoms with Gasteiger partial charge < -0.3 is 69.3 Å². The van der Waals surface area contributed by atoms with Crippen LogP contribution in [0.1, 0.15) is 28.4 Å². The summed E-state index contributed by atoms with van der Waals surface area (Å²) < 4.78 is 33.8. The lowest BCUT2D eigenvalue weighted by molar-refractivity contribution is -0.319. The number of ether oxygens (including phenoxy) is 6. The summed E-state index contributed by atoms with van der Waals surface area (Å²) in [5.41, 5.74) is -1.58. The average molecular weight is 597 g/mol. The molecule has 8 N–H and O–H groups in total. The normalized spacial score (nSPS) is 34.5. The lowest BCUT2D eigenvalue weighted by Gasteiger charge is -2.42. The number of carbonyl (C=O) groups excluding carboxylic acids is 1. The number of fused-ring (bicyclic) bond motifs is 1. The van der Waals surface area contributed by atoms with Gasteiger partial charge in [-0.25, -0.2) is 0 Å². The standard InChI is InChI=1S/C27H32O15/c1-37-17-4-11(16-7-14(32)20-13(31)5-12(30)6-18(20)39-16)2-3-15(17)40-25-23(22(34)21(33)19(8-28)41-25)42-26-24(35)27(36,9-29)10-38-26/h2-6,16,19,21-26,28-31,33-36H,7-10H2,1H3.